The van der Waals surface area contributed by atoms with Crippen molar-refractivity contribution in [3.8, 4) is 0 Å². The Morgan fingerprint density at radius 3 is 2.82 bits per heavy atom. The van der Waals surface area contributed by atoms with Crippen LogP contribution < -0.4 is 10.6 Å². The monoisotopic (exact) mass is 237 g/mol. The van der Waals surface area contributed by atoms with E-state index in [1.54, 1.807) is 7.05 Å². The molecule has 1 amide bonds. The Balaban J connectivity index is 2.61. The first kappa shape index (κ1) is 13.8. The molecule has 0 aliphatic heterocycles. The van der Waals surface area contributed by atoms with Crippen molar-refractivity contribution in [1.82, 2.24) is 15.2 Å². The van der Waals surface area contributed by atoms with E-state index in [1.165, 1.54) is 5.56 Å². The molecule has 1 unspecified atom stereocenters. The zero-order valence-corrected chi connectivity index (χ0v) is 11.0. The average molecular weight is 237 g/mol. The molecule has 96 valence electrons. The first-order valence-electron chi connectivity index (χ1n) is 6.30. The minimum absolute atomic E-state index is 0.0294. The second-order valence-electron chi connectivity index (χ2n) is 4.21. The Bertz CT molecular complexity index is 346. The van der Waals surface area contributed by atoms with Gasteiger partial charge in [-0.25, -0.2) is 0 Å². The molecule has 2 N–H and O–H groups in total. The van der Waals surface area contributed by atoms with Crippen molar-refractivity contribution in [2.75, 3.05) is 13.6 Å². The third-order valence-electron chi connectivity index (χ3n) is 2.83. The molecular formula is C13H23N3O. The fraction of sp³-hybridized carbons (Fsp3) is 0.615. The van der Waals surface area contributed by atoms with Crippen molar-refractivity contribution in [1.29, 1.82) is 0 Å². The lowest BCUT2D eigenvalue weighted by atomic mass is 10.1. The van der Waals surface area contributed by atoms with E-state index in [-0.39, 0.29) is 5.91 Å². The van der Waals surface area contributed by atoms with Crippen LogP contribution in [0.5, 0.6) is 0 Å². The van der Waals surface area contributed by atoms with E-state index >= 15 is 0 Å². The highest BCUT2D eigenvalue weighted by Crippen LogP contribution is 2.16. The molecule has 1 aromatic rings. The lowest BCUT2D eigenvalue weighted by Crippen LogP contribution is -2.23. The summed E-state index contributed by atoms with van der Waals surface area (Å²) >= 11 is 0. The highest BCUT2D eigenvalue weighted by molar-refractivity contribution is 5.75. The van der Waals surface area contributed by atoms with Gasteiger partial charge >= 0.3 is 0 Å². The smallest absolute Gasteiger partial charge is 0.239 e. The van der Waals surface area contributed by atoms with Gasteiger partial charge in [0.15, 0.2) is 0 Å². The zero-order chi connectivity index (χ0) is 12.7. The first-order chi connectivity index (χ1) is 8.21. The Labute approximate surface area is 103 Å². The molecule has 0 fully saturated rings. The van der Waals surface area contributed by atoms with Crippen molar-refractivity contribution in [2.45, 2.75) is 39.3 Å². The largest absolute Gasteiger partial charge is 0.358 e. The van der Waals surface area contributed by atoms with Gasteiger partial charge in [0.25, 0.3) is 0 Å². The maximum atomic E-state index is 11.3. The molecule has 0 aromatic carbocycles. The van der Waals surface area contributed by atoms with Gasteiger partial charge in [-0.2, -0.15) is 0 Å². The second-order valence-corrected chi connectivity index (χ2v) is 4.21. The van der Waals surface area contributed by atoms with Gasteiger partial charge in [-0.3, -0.25) is 4.79 Å². The molecule has 1 aromatic heterocycles. The molecule has 0 aliphatic carbocycles. The predicted molar refractivity (Wildman–Crippen MR) is 69.8 cm³/mol. The average Bonchev–Trinajstić information content (AvgIpc) is 2.78. The molecule has 1 heterocycles. The molecule has 1 atom stereocenters. The van der Waals surface area contributed by atoms with Gasteiger partial charge in [-0.05, 0) is 31.0 Å². The van der Waals surface area contributed by atoms with Crippen molar-refractivity contribution >= 4 is 5.91 Å². The Morgan fingerprint density at radius 1 is 1.47 bits per heavy atom. The van der Waals surface area contributed by atoms with Gasteiger partial charge in [-0.1, -0.05) is 13.8 Å². The third-order valence-corrected chi connectivity index (χ3v) is 2.83. The van der Waals surface area contributed by atoms with Gasteiger partial charge in [0.05, 0.1) is 0 Å². The molecular weight excluding hydrogens is 214 g/mol. The van der Waals surface area contributed by atoms with Crippen LogP contribution in [-0.2, 0) is 11.3 Å². The molecule has 0 radical (unpaired) electrons. The maximum absolute atomic E-state index is 11.3. The van der Waals surface area contributed by atoms with Gasteiger partial charge < -0.3 is 15.2 Å². The van der Waals surface area contributed by atoms with Crippen molar-refractivity contribution in [3.05, 3.63) is 24.0 Å². The van der Waals surface area contributed by atoms with Crippen molar-refractivity contribution < 1.29 is 4.79 Å². The lowest BCUT2D eigenvalue weighted by molar-refractivity contribution is -0.121. The van der Waals surface area contributed by atoms with Crippen LogP contribution in [-0.4, -0.2) is 24.1 Å². The summed E-state index contributed by atoms with van der Waals surface area (Å²) in [4.78, 5) is 11.3. The number of rotatable bonds is 7. The van der Waals surface area contributed by atoms with E-state index < -0.39 is 0 Å². The van der Waals surface area contributed by atoms with Gasteiger partial charge in [-0.15, -0.1) is 0 Å². The fourth-order valence-corrected chi connectivity index (χ4v) is 1.83. The van der Waals surface area contributed by atoms with E-state index in [0.717, 1.165) is 19.4 Å². The lowest BCUT2D eigenvalue weighted by Gasteiger charge is -2.14. The Morgan fingerprint density at radius 2 is 2.24 bits per heavy atom. The van der Waals surface area contributed by atoms with E-state index in [9.17, 15) is 4.79 Å². The number of nitrogens with zero attached hydrogens (tertiary/aromatic N) is 1. The molecule has 4 heteroatoms. The summed E-state index contributed by atoms with van der Waals surface area (Å²) in [5.41, 5.74) is 1.25. The number of hydrogen-bond donors (Lipinski definition) is 2. The van der Waals surface area contributed by atoms with Gasteiger partial charge in [0.1, 0.15) is 6.54 Å². The van der Waals surface area contributed by atoms with E-state index in [2.05, 4.69) is 30.5 Å². The van der Waals surface area contributed by atoms with Crippen LogP contribution in [0.25, 0.3) is 0 Å². The second kappa shape index (κ2) is 7.12. The van der Waals surface area contributed by atoms with Gasteiger partial charge in [0.2, 0.25) is 5.91 Å². The summed E-state index contributed by atoms with van der Waals surface area (Å²) in [7, 11) is 1.66. The normalized spacial score (nSPS) is 12.4. The molecule has 0 bridgehead atoms. The van der Waals surface area contributed by atoms with Crippen LogP contribution in [0, 0.1) is 0 Å². The van der Waals surface area contributed by atoms with Crippen LogP contribution in [0.1, 0.15) is 38.3 Å². The zero-order valence-electron chi connectivity index (χ0n) is 11.0. The number of nitrogens with one attached hydrogen (secondary N) is 2. The van der Waals surface area contributed by atoms with Crippen LogP contribution in [0.4, 0.5) is 0 Å². The number of carbonyl (C=O) groups is 1. The predicted octanol–water partition coefficient (Wildman–Crippen LogP) is 1.68. The summed E-state index contributed by atoms with van der Waals surface area (Å²) < 4.78 is 1.92. The van der Waals surface area contributed by atoms with Crippen LogP contribution in [0.3, 0.4) is 0 Å². The van der Waals surface area contributed by atoms with Crippen LogP contribution in [0.15, 0.2) is 18.5 Å². The summed E-state index contributed by atoms with van der Waals surface area (Å²) in [6.45, 7) is 5.75. The minimum Gasteiger partial charge on any atom is -0.358 e. The molecule has 1 rings (SSSR count). The molecule has 0 spiro atoms. The maximum Gasteiger partial charge on any atom is 0.239 e. The standard InChI is InChI=1S/C13H23N3O/c1-4-7-15-12(5-2)11-6-8-16(9-11)10-13(17)14-3/h6,8-9,12,15H,4-5,7,10H2,1-3H3,(H,14,17). The van der Waals surface area contributed by atoms with E-state index in [0.29, 0.717) is 12.6 Å². The number of likely N-dealkylation sites (N-methyl/N-ethyl adjacent to an activating group) is 1. The molecule has 0 aliphatic rings. The van der Waals surface area contributed by atoms with Crippen LogP contribution in [0.2, 0.25) is 0 Å². The topological polar surface area (TPSA) is 46.1 Å². The SMILES string of the molecule is CCCNC(CC)c1ccn(CC(=O)NC)c1. The van der Waals surface area contributed by atoms with Crippen molar-refractivity contribution in [2.24, 2.45) is 0 Å². The fourth-order valence-electron chi connectivity index (χ4n) is 1.83. The highest BCUT2D eigenvalue weighted by atomic mass is 16.1. The molecule has 17 heavy (non-hydrogen) atoms. The highest BCUT2D eigenvalue weighted by Gasteiger charge is 2.10. The van der Waals surface area contributed by atoms with Gasteiger partial charge in [0, 0.05) is 25.5 Å². The first-order valence-corrected chi connectivity index (χ1v) is 6.30. The summed E-state index contributed by atoms with van der Waals surface area (Å²) in [5.74, 6) is 0.0294. The van der Waals surface area contributed by atoms with Crippen molar-refractivity contribution in [3.63, 3.8) is 0 Å². The summed E-state index contributed by atoms with van der Waals surface area (Å²) in [5, 5.41) is 6.13. The number of aromatic nitrogens is 1. The summed E-state index contributed by atoms with van der Waals surface area (Å²) in [6, 6.07) is 2.47. The summed E-state index contributed by atoms with van der Waals surface area (Å²) in [6.07, 6.45) is 6.20. The number of hydrogen-bond acceptors (Lipinski definition) is 2. The van der Waals surface area contributed by atoms with E-state index in [1.807, 2.05) is 17.0 Å². The minimum atomic E-state index is 0.0294. The Kier molecular flexibility index (Phi) is 5.77. The number of amides is 1. The quantitative estimate of drug-likeness (QED) is 0.758. The Hall–Kier alpha value is -1.29. The third kappa shape index (κ3) is 4.23. The van der Waals surface area contributed by atoms with E-state index in [4.69, 9.17) is 0 Å². The molecule has 0 saturated heterocycles. The van der Waals surface area contributed by atoms with Crippen LogP contribution >= 0.6 is 0 Å². The molecule has 0 saturated carbocycles. The number of carbonyl (C=O) groups excluding carboxylic acids is 1. The molecule has 4 nitrogen and oxygen atoms in total.